The van der Waals surface area contributed by atoms with Gasteiger partial charge in [-0.3, -0.25) is 8.51 Å². The minimum absolute atomic E-state index is 0.00150. The molecule has 6 nitrogen and oxygen atoms in total. The average Bonchev–Trinajstić information content (AvgIpc) is 2.51. The maximum absolute atomic E-state index is 14.4. The van der Waals surface area contributed by atoms with Crippen LogP contribution in [0.15, 0.2) is 30.3 Å². The number of benzene rings is 1. The van der Waals surface area contributed by atoms with E-state index in [0.29, 0.717) is 10.00 Å². The van der Waals surface area contributed by atoms with Crippen molar-refractivity contribution in [2.75, 3.05) is 10.9 Å². The van der Waals surface area contributed by atoms with Crippen molar-refractivity contribution in [3.8, 4) is 0 Å². The van der Waals surface area contributed by atoms with E-state index in [4.69, 9.17) is 16.3 Å². The second-order valence-corrected chi connectivity index (χ2v) is 5.82. The molecule has 0 aliphatic heterocycles. The van der Waals surface area contributed by atoms with Gasteiger partial charge in [-0.1, -0.05) is 11.6 Å². The number of nitrogens with zero attached hydrogens (tertiary/aromatic N) is 2. The van der Waals surface area contributed by atoms with E-state index in [1.807, 2.05) is 0 Å². The minimum Gasteiger partial charge on any atom is -0.755 e. The molecule has 0 radical (unpaired) electrons. The lowest BCUT2D eigenvalue weighted by molar-refractivity contribution is 0.0526. The molecule has 0 fully saturated rings. The first-order chi connectivity index (χ1) is 11.3. The van der Waals surface area contributed by atoms with E-state index in [-0.39, 0.29) is 28.7 Å². The average molecular weight is 372 g/mol. The molecule has 1 atom stereocenters. The highest BCUT2D eigenvalue weighted by molar-refractivity contribution is 7.81. The number of esters is 1. The standard InChI is InChI=1S/C15H14ClFN2O4S/c1-3-23-15(20)10-5-7-12(11(17)8-10)19(24(21)22)13-6-4-9(2)18-14(13)16/h4-8H,3H2,1-2H3,(H,21,22)/p-1. The zero-order valence-electron chi connectivity index (χ0n) is 12.8. The summed E-state index contributed by atoms with van der Waals surface area (Å²) in [5.41, 5.74) is 0.267. The third kappa shape index (κ3) is 3.89. The van der Waals surface area contributed by atoms with Gasteiger partial charge < -0.3 is 9.29 Å². The number of aromatic nitrogens is 1. The van der Waals surface area contributed by atoms with Crippen LogP contribution in [0, 0.1) is 12.7 Å². The van der Waals surface area contributed by atoms with Crippen LogP contribution >= 0.6 is 11.6 Å². The molecular formula is C15H13ClFN2O4S-. The Morgan fingerprint density at radius 2 is 2.04 bits per heavy atom. The summed E-state index contributed by atoms with van der Waals surface area (Å²) in [5, 5.41) is -0.0898. The van der Waals surface area contributed by atoms with Gasteiger partial charge in [0.15, 0.2) is 5.15 Å². The van der Waals surface area contributed by atoms with Gasteiger partial charge in [0.25, 0.3) is 0 Å². The van der Waals surface area contributed by atoms with E-state index >= 15 is 0 Å². The predicted molar refractivity (Wildman–Crippen MR) is 87.4 cm³/mol. The van der Waals surface area contributed by atoms with Gasteiger partial charge in [0.1, 0.15) is 5.82 Å². The number of hydrogen-bond acceptors (Lipinski definition) is 5. The summed E-state index contributed by atoms with van der Waals surface area (Å²) in [4.78, 5) is 15.6. The zero-order valence-corrected chi connectivity index (χ0v) is 14.4. The monoisotopic (exact) mass is 371 g/mol. The molecule has 0 saturated carbocycles. The number of carbonyl (C=O) groups excluding carboxylic acids is 1. The first-order valence-corrected chi connectivity index (χ1v) is 8.25. The van der Waals surface area contributed by atoms with Crippen LogP contribution in [0.1, 0.15) is 23.0 Å². The molecule has 0 aliphatic rings. The smallest absolute Gasteiger partial charge is 0.338 e. The van der Waals surface area contributed by atoms with Crippen molar-refractivity contribution in [3.05, 3.63) is 52.6 Å². The fourth-order valence-electron chi connectivity index (χ4n) is 1.97. The molecule has 1 aromatic carbocycles. The van der Waals surface area contributed by atoms with Gasteiger partial charge in [0, 0.05) is 5.69 Å². The summed E-state index contributed by atoms with van der Waals surface area (Å²) in [6.07, 6.45) is 0. The molecule has 1 aromatic heterocycles. The van der Waals surface area contributed by atoms with Crippen molar-refractivity contribution in [1.82, 2.24) is 4.98 Å². The molecule has 1 unspecified atom stereocenters. The third-order valence-corrected chi connectivity index (χ3v) is 3.98. The van der Waals surface area contributed by atoms with Crippen molar-refractivity contribution in [2.24, 2.45) is 0 Å². The largest absolute Gasteiger partial charge is 0.755 e. The molecule has 0 amide bonds. The van der Waals surface area contributed by atoms with Gasteiger partial charge in [0.2, 0.25) is 0 Å². The lowest BCUT2D eigenvalue weighted by Gasteiger charge is -2.27. The van der Waals surface area contributed by atoms with Crippen molar-refractivity contribution in [1.29, 1.82) is 0 Å². The van der Waals surface area contributed by atoms with Crippen LogP contribution < -0.4 is 4.31 Å². The summed E-state index contributed by atoms with van der Waals surface area (Å²) >= 11 is 3.12. The molecule has 0 spiro atoms. The second kappa shape index (κ2) is 7.69. The van der Waals surface area contributed by atoms with Crippen LogP contribution in [0.4, 0.5) is 15.8 Å². The minimum atomic E-state index is -2.85. The van der Waals surface area contributed by atoms with Crippen LogP contribution in [-0.2, 0) is 16.0 Å². The Morgan fingerprint density at radius 3 is 2.58 bits per heavy atom. The number of ether oxygens (including phenoxy) is 1. The fraction of sp³-hybridized carbons (Fsp3) is 0.200. The van der Waals surface area contributed by atoms with E-state index in [0.717, 1.165) is 12.1 Å². The molecular weight excluding hydrogens is 359 g/mol. The lowest BCUT2D eigenvalue weighted by atomic mass is 10.2. The number of pyridine rings is 1. The van der Waals surface area contributed by atoms with Crippen molar-refractivity contribution >= 4 is 40.2 Å². The summed E-state index contributed by atoms with van der Waals surface area (Å²) in [5.74, 6) is -1.62. The van der Waals surface area contributed by atoms with E-state index in [2.05, 4.69) is 4.98 Å². The highest BCUT2D eigenvalue weighted by Gasteiger charge is 2.20. The Bertz CT molecular complexity index is 803. The molecule has 1 heterocycles. The zero-order chi connectivity index (χ0) is 17.9. The van der Waals surface area contributed by atoms with E-state index in [1.165, 1.54) is 12.1 Å². The molecule has 0 saturated heterocycles. The number of anilines is 2. The molecule has 9 heteroatoms. The number of aryl methyl sites for hydroxylation is 1. The molecule has 0 N–H and O–H groups in total. The van der Waals surface area contributed by atoms with Gasteiger partial charge in [-0.15, -0.1) is 0 Å². The van der Waals surface area contributed by atoms with Crippen LogP contribution in [-0.4, -0.2) is 26.3 Å². The Morgan fingerprint density at radius 1 is 1.38 bits per heavy atom. The number of rotatable bonds is 5. The molecule has 128 valence electrons. The van der Waals surface area contributed by atoms with Crippen LogP contribution in [0.5, 0.6) is 0 Å². The van der Waals surface area contributed by atoms with E-state index in [1.54, 1.807) is 19.9 Å². The van der Waals surface area contributed by atoms with E-state index in [9.17, 15) is 17.9 Å². The van der Waals surface area contributed by atoms with Gasteiger partial charge in [-0.25, -0.2) is 14.2 Å². The Hall–Kier alpha value is -2.03. The number of carbonyl (C=O) groups is 1. The van der Waals surface area contributed by atoms with Crippen molar-refractivity contribution < 1.29 is 22.7 Å². The SMILES string of the molecule is CCOC(=O)c1ccc(N(c2ccc(C)nc2Cl)S(=O)[O-])c(F)c1. The van der Waals surface area contributed by atoms with Crippen LogP contribution in [0.2, 0.25) is 5.15 Å². The summed E-state index contributed by atoms with van der Waals surface area (Å²) in [6, 6.07) is 6.30. The summed E-state index contributed by atoms with van der Waals surface area (Å²) in [6.45, 7) is 3.45. The molecule has 0 aliphatic carbocycles. The van der Waals surface area contributed by atoms with E-state index < -0.39 is 23.1 Å². The Labute approximate surface area is 145 Å². The topological polar surface area (TPSA) is 82.6 Å². The maximum atomic E-state index is 14.4. The van der Waals surface area contributed by atoms with Gasteiger partial charge in [-0.2, -0.15) is 0 Å². The molecule has 2 aromatic rings. The van der Waals surface area contributed by atoms with Crippen LogP contribution in [0.3, 0.4) is 0 Å². The highest BCUT2D eigenvalue weighted by atomic mass is 35.5. The summed E-state index contributed by atoms with van der Waals surface area (Å²) in [7, 11) is 0. The fourth-order valence-corrected chi connectivity index (χ4v) is 2.92. The molecule has 2 rings (SSSR count). The van der Waals surface area contributed by atoms with Gasteiger partial charge >= 0.3 is 5.97 Å². The third-order valence-electron chi connectivity index (χ3n) is 3.01. The number of hydrogen-bond donors (Lipinski definition) is 0. The molecule has 0 bridgehead atoms. The first kappa shape index (κ1) is 18.3. The normalized spacial score (nSPS) is 11.9. The quantitative estimate of drug-likeness (QED) is 0.457. The molecule has 24 heavy (non-hydrogen) atoms. The Balaban J connectivity index is 2.49. The predicted octanol–water partition coefficient (Wildman–Crippen LogP) is 3.29. The Kier molecular flexibility index (Phi) is 5.87. The first-order valence-electron chi connectivity index (χ1n) is 6.84. The van der Waals surface area contributed by atoms with Crippen molar-refractivity contribution in [2.45, 2.75) is 13.8 Å². The lowest BCUT2D eigenvalue weighted by Crippen LogP contribution is -2.21. The summed E-state index contributed by atoms with van der Waals surface area (Å²) < 4.78 is 43.0. The maximum Gasteiger partial charge on any atom is 0.338 e. The van der Waals surface area contributed by atoms with Crippen LogP contribution in [0.25, 0.3) is 0 Å². The van der Waals surface area contributed by atoms with Gasteiger partial charge in [0.05, 0.1) is 34.8 Å². The van der Waals surface area contributed by atoms with Gasteiger partial charge in [-0.05, 0) is 44.2 Å². The highest BCUT2D eigenvalue weighted by Crippen LogP contribution is 2.34. The van der Waals surface area contributed by atoms with Crippen molar-refractivity contribution in [3.63, 3.8) is 0 Å². The number of halogens is 2. The second-order valence-electron chi connectivity index (χ2n) is 4.66.